The third-order valence-corrected chi connectivity index (χ3v) is 6.82. The van der Waals surface area contributed by atoms with Crippen molar-refractivity contribution in [1.29, 1.82) is 0 Å². The van der Waals surface area contributed by atoms with E-state index in [0.717, 1.165) is 37.3 Å². The molecule has 0 bridgehead atoms. The number of benzene rings is 2. The second kappa shape index (κ2) is 10.5. The lowest BCUT2D eigenvalue weighted by atomic mass is 10.3. The number of nitrogens with zero attached hydrogens (tertiary/aromatic N) is 3. The summed E-state index contributed by atoms with van der Waals surface area (Å²) in [6.45, 7) is 4.78. The molecule has 1 aliphatic heterocycles. The number of hydrogen-bond acceptors (Lipinski definition) is 7. The first-order chi connectivity index (χ1) is 16.0. The number of ether oxygens (including phenoxy) is 1. The molecule has 9 heteroatoms. The zero-order valence-corrected chi connectivity index (χ0v) is 19.5. The molecule has 1 saturated heterocycles. The van der Waals surface area contributed by atoms with Gasteiger partial charge in [-0.05, 0) is 67.8 Å². The topological polar surface area (TPSA) is 96.5 Å². The number of sulfonamides is 1. The van der Waals surface area contributed by atoms with E-state index in [4.69, 9.17) is 4.74 Å². The fourth-order valence-electron chi connectivity index (χ4n) is 3.60. The van der Waals surface area contributed by atoms with Gasteiger partial charge in [-0.2, -0.15) is 5.10 Å². The van der Waals surface area contributed by atoms with Crippen LogP contribution in [-0.2, 0) is 10.0 Å². The molecule has 2 heterocycles. The molecule has 2 N–H and O–H groups in total. The molecule has 1 fully saturated rings. The van der Waals surface area contributed by atoms with Crippen molar-refractivity contribution in [3.8, 4) is 5.75 Å². The van der Waals surface area contributed by atoms with Crippen LogP contribution in [0.3, 0.4) is 0 Å². The van der Waals surface area contributed by atoms with Crippen molar-refractivity contribution < 1.29 is 13.2 Å². The Hall–Kier alpha value is -3.33. The molecular formula is C24H29N5O3S. The molecule has 3 aromatic rings. The van der Waals surface area contributed by atoms with Crippen LogP contribution in [0.4, 0.5) is 22.9 Å². The average molecular weight is 468 g/mol. The fourth-order valence-corrected chi connectivity index (χ4v) is 4.66. The normalized spacial score (nSPS) is 13.7. The van der Waals surface area contributed by atoms with Crippen LogP contribution in [-0.4, -0.2) is 38.3 Å². The number of rotatable bonds is 10. The van der Waals surface area contributed by atoms with Crippen LogP contribution in [0, 0.1) is 0 Å². The molecule has 0 spiro atoms. The molecule has 4 rings (SSSR count). The summed E-state index contributed by atoms with van der Waals surface area (Å²) in [5.41, 5.74) is 2.32. The number of unbranched alkanes of at least 4 members (excludes halogenated alkanes) is 1. The minimum Gasteiger partial charge on any atom is -0.494 e. The molecule has 1 aliphatic rings. The minimum atomic E-state index is -3.70. The predicted octanol–water partition coefficient (Wildman–Crippen LogP) is 4.80. The van der Waals surface area contributed by atoms with Gasteiger partial charge in [0.05, 0.1) is 23.4 Å². The Kier molecular flexibility index (Phi) is 7.29. The van der Waals surface area contributed by atoms with Gasteiger partial charge in [0, 0.05) is 30.5 Å². The Bertz CT molecular complexity index is 1150. The minimum absolute atomic E-state index is 0.182. The summed E-state index contributed by atoms with van der Waals surface area (Å²) in [6.07, 6.45) is 6.17. The van der Waals surface area contributed by atoms with Gasteiger partial charge in [-0.1, -0.05) is 13.3 Å². The molecule has 174 valence electrons. The number of hydrogen-bond donors (Lipinski definition) is 2. The third-order valence-electron chi connectivity index (χ3n) is 5.42. The molecule has 0 radical (unpaired) electrons. The molecule has 0 amide bonds. The molecule has 0 unspecified atom stereocenters. The Balaban J connectivity index is 1.37. The molecule has 0 atom stereocenters. The van der Waals surface area contributed by atoms with E-state index < -0.39 is 10.0 Å². The zero-order valence-electron chi connectivity index (χ0n) is 18.7. The summed E-state index contributed by atoms with van der Waals surface area (Å²) in [6, 6.07) is 15.4. The van der Waals surface area contributed by atoms with E-state index in [1.165, 1.54) is 12.8 Å². The first kappa shape index (κ1) is 22.8. The highest BCUT2D eigenvalue weighted by Gasteiger charge is 2.15. The number of anilines is 4. The van der Waals surface area contributed by atoms with Crippen LogP contribution >= 0.6 is 0 Å². The lowest BCUT2D eigenvalue weighted by Gasteiger charge is -2.17. The second-order valence-corrected chi connectivity index (χ2v) is 9.66. The lowest BCUT2D eigenvalue weighted by molar-refractivity contribution is 0.309. The van der Waals surface area contributed by atoms with Gasteiger partial charge in [0.2, 0.25) is 0 Å². The second-order valence-electron chi connectivity index (χ2n) is 7.97. The highest BCUT2D eigenvalue weighted by Crippen LogP contribution is 2.24. The molecule has 8 nitrogen and oxygen atoms in total. The predicted molar refractivity (Wildman–Crippen MR) is 131 cm³/mol. The van der Waals surface area contributed by atoms with Crippen LogP contribution in [0.25, 0.3) is 0 Å². The summed E-state index contributed by atoms with van der Waals surface area (Å²) in [4.78, 5) is 2.48. The van der Waals surface area contributed by atoms with Crippen molar-refractivity contribution in [2.45, 2.75) is 37.5 Å². The van der Waals surface area contributed by atoms with E-state index in [1.807, 2.05) is 6.07 Å². The van der Waals surface area contributed by atoms with Crippen LogP contribution in [0.1, 0.15) is 32.6 Å². The van der Waals surface area contributed by atoms with Gasteiger partial charge in [-0.3, -0.25) is 4.72 Å². The van der Waals surface area contributed by atoms with Crippen LogP contribution in [0.2, 0.25) is 0 Å². The number of nitrogens with one attached hydrogen (secondary N) is 2. The first-order valence-electron chi connectivity index (χ1n) is 11.2. The highest BCUT2D eigenvalue weighted by molar-refractivity contribution is 7.92. The summed E-state index contributed by atoms with van der Waals surface area (Å²) in [5, 5.41) is 11.5. The SMILES string of the molecule is CCCCOc1ccc(S(=O)(=O)Nc2ccc(Nc3cc(N4CCCC4)cnn3)cc2)cc1. The maximum absolute atomic E-state index is 12.7. The Morgan fingerprint density at radius 2 is 1.70 bits per heavy atom. The Morgan fingerprint density at radius 1 is 1.00 bits per heavy atom. The van der Waals surface area contributed by atoms with Gasteiger partial charge in [0.15, 0.2) is 5.82 Å². The first-order valence-corrected chi connectivity index (χ1v) is 12.7. The van der Waals surface area contributed by atoms with Crippen molar-refractivity contribution in [1.82, 2.24) is 10.2 Å². The van der Waals surface area contributed by atoms with E-state index in [9.17, 15) is 8.42 Å². The summed E-state index contributed by atoms with van der Waals surface area (Å²) >= 11 is 0. The summed E-state index contributed by atoms with van der Waals surface area (Å²) < 4.78 is 33.7. The van der Waals surface area contributed by atoms with Gasteiger partial charge in [-0.15, -0.1) is 5.10 Å². The van der Waals surface area contributed by atoms with Gasteiger partial charge in [0.1, 0.15) is 5.75 Å². The number of aromatic nitrogens is 2. The smallest absolute Gasteiger partial charge is 0.261 e. The van der Waals surface area contributed by atoms with Crippen LogP contribution in [0.5, 0.6) is 5.75 Å². The molecule has 0 aliphatic carbocycles. The van der Waals surface area contributed by atoms with E-state index in [0.29, 0.717) is 23.9 Å². The monoisotopic (exact) mass is 467 g/mol. The van der Waals surface area contributed by atoms with E-state index in [2.05, 4.69) is 32.1 Å². The maximum Gasteiger partial charge on any atom is 0.261 e. The van der Waals surface area contributed by atoms with Gasteiger partial charge >= 0.3 is 0 Å². The van der Waals surface area contributed by atoms with Crippen molar-refractivity contribution in [3.63, 3.8) is 0 Å². The standard InChI is InChI=1S/C24H29N5O3S/c1-2-3-16-32-22-10-12-23(13-11-22)33(30,31)28-20-8-6-19(7-9-20)26-24-17-21(18-25-27-24)29-14-4-5-15-29/h6-13,17-18,28H,2-5,14-16H2,1H3,(H,26,27). The fraction of sp³-hybridized carbons (Fsp3) is 0.333. The lowest BCUT2D eigenvalue weighted by Crippen LogP contribution is -2.18. The average Bonchev–Trinajstić information content (AvgIpc) is 3.36. The zero-order chi connectivity index (χ0) is 23.1. The van der Waals surface area contributed by atoms with Crippen molar-refractivity contribution in [2.75, 3.05) is 34.6 Å². The van der Waals surface area contributed by atoms with Gasteiger partial charge < -0.3 is 15.0 Å². The van der Waals surface area contributed by atoms with Crippen molar-refractivity contribution in [3.05, 3.63) is 60.8 Å². The third kappa shape index (κ3) is 6.13. The quantitative estimate of drug-likeness (QED) is 0.413. The summed E-state index contributed by atoms with van der Waals surface area (Å²) in [7, 11) is -3.70. The highest BCUT2D eigenvalue weighted by atomic mass is 32.2. The van der Waals surface area contributed by atoms with Crippen LogP contribution in [0.15, 0.2) is 65.7 Å². The van der Waals surface area contributed by atoms with E-state index in [1.54, 1.807) is 54.7 Å². The van der Waals surface area contributed by atoms with Crippen LogP contribution < -0.4 is 19.7 Å². The largest absolute Gasteiger partial charge is 0.494 e. The molecule has 1 aromatic heterocycles. The maximum atomic E-state index is 12.7. The summed E-state index contributed by atoms with van der Waals surface area (Å²) in [5.74, 6) is 1.31. The van der Waals surface area contributed by atoms with Crippen molar-refractivity contribution >= 4 is 32.9 Å². The Morgan fingerprint density at radius 3 is 2.39 bits per heavy atom. The molecule has 2 aromatic carbocycles. The van der Waals surface area contributed by atoms with Gasteiger partial charge in [-0.25, -0.2) is 8.42 Å². The van der Waals surface area contributed by atoms with E-state index >= 15 is 0 Å². The van der Waals surface area contributed by atoms with Crippen molar-refractivity contribution in [2.24, 2.45) is 0 Å². The Labute approximate surface area is 195 Å². The molecular weight excluding hydrogens is 438 g/mol. The molecule has 33 heavy (non-hydrogen) atoms. The molecule has 0 saturated carbocycles. The van der Waals surface area contributed by atoms with E-state index in [-0.39, 0.29) is 4.90 Å². The van der Waals surface area contributed by atoms with Gasteiger partial charge in [0.25, 0.3) is 10.0 Å².